The van der Waals surface area contributed by atoms with E-state index < -0.39 is 11.0 Å². The number of ether oxygens (including phenoxy) is 1. The molecule has 0 atom stereocenters. The first kappa shape index (κ1) is 17.9. The lowest BCUT2D eigenvalue weighted by molar-refractivity contribution is -0.136. The lowest BCUT2D eigenvalue weighted by Gasteiger charge is -2.39. The van der Waals surface area contributed by atoms with Gasteiger partial charge in [-0.3, -0.25) is 9.59 Å². The number of hydrogen-bond donors (Lipinski definition) is 2. The van der Waals surface area contributed by atoms with Gasteiger partial charge in [0.05, 0.1) is 5.41 Å². The van der Waals surface area contributed by atoms with Gasteiger partial charge in [-0.05, 0) is 40.5 Å². The average Bonchev–Trinajstić information content (AvgIpc) is 2.38. The molecule has 0 aromatic heterocycles. The standard InChI is InChI=1S/C15H29N3O3/c1-14(2,15(3,4)16)13(20)17-11-6-8-18(9-7-11)12(19)10-21-5/h11H,6-10,16H2,1-5H3,(H,17,20). The molecule has 0 radical (unpaired) electrons. The first-order valence-corrected chi connectivity index (χ1v) is 7.46. The number of hydrogen-bond acceptors (Lipinski definition) is 4. The van der Waals surface area contributed by atoms with E-state index in [1.807, 2.05) is 27.7 Å². The number of likely N-dealkylation sites (tertiary alicyclic amines) is 1. The minimum atomic E-state index is -0.643. The molecule has 0 spiro atoms. The summed E-state index contributed by atoms with van der Waals surface area (Å²) in [4.78, 5) is 25.9. The van der Waals surface area contributed by atoms with Crippen molar-refractivity contribution in [2.24, 2.45) is 11.1 Å². The van der Waals surface area contributed by atoms with Gasteiger partial charge < -0.3 is 20.7 Å². The van der Waals surface area contributed by atoms with Gasteiger partial charge in [0.2, 0.25) is 11.8 Å². The summed E-state index contributed by atoms with van der Waals surface area (Å²) in [5.41, 5.74) is 4.85. The lowest BCUT2D eigenvalue weighted by atomic mass is 9.74. The van der Waals surface area contributed by atoms with Gasteiger partial charge in [0.1, 0.15) is 6.61 Å². The van der Waals surface area contributed by atoms with Crippen LogP contribution in [-0.2, 0) is 14.3 Å². The molecule has 0 bridgehead atoms. The molecule has 1 aliphatic rings. The molecule has 1 heterocycles. The molecule has 122 valence electrons. The minimum Gasteiger partial charge on any atom is -0.375 e. The van der Waals surface area contributed by atoms with Crippen LogP contribution in [0.3, 0.4) is 0 Å². The molecule has 0 aromatic carbocycles. The summed E-state index contributed by atoms with van der Waals surface area (Å²) in [6.45, 7) is 8.86. The van der Waals surface area contributed by atoms with Crippen LogP contribution in [-0.4, -0.2) is 55.1 Å². The van der Waals surface area contributed by atoms with Crippen molar-refractivity contribution >= 4 is 11.8 Å². The maximum absolute atomic E-state index is 12.4. The van der Waals surface area contributed by atoms with E-state index in [1.165, 1.54) is 7.11 Å². The molecule has 21 heavy (non-hydrogen) atoms. The zero-order valence-electron chi connectivity index (χ0n) is 13.9. The molecule has 0 saturated carbocycles. The summed E-state index contributed by atoms with van der Waals surface area (Å²) in [6, 6.07) is 0.103. The van der Waals surface area contributed by atoms with E-state index in [4.69, 9.17) is 10.5 Å². The zero-order chi connectivity index (χ0) is 16.3. The molecule has 2 amide bonds. The fourth-order valence-corrected chi connectivity index (χ4v) is 2.15. The highest BCUT2D eigenvalue weighted by Gasteiger charge is 2.41. The summed E-state index contributed by atoms with van der Waals surface area (Å²) in [5, 5.41) is 3.07. The summed E-state index contributed by atoms with van der Waals surface area (Å²) >= 11 is 0. The van der Waals surface area contributed by atoms with Crippen molar-refractivity contribution < 1.29 is 14.3 Å². The molecule has 3 N–H and O–H groups in total. The quantitative estimate of drug-likeness (QED) is 0.774. The summed E-state index contributed by atoms with van der Waals surface area (Å²) in [7, 11) is 1.52. The molecule has 1 fully saturated rings. The van der Waals surface area contributed by atoms with Crippen molar-refractivity contribution in [2.75, 3.05) is 26.8 Å². The van der Waals surface area contributed by atoms with Crippen LogP contribution in [0.2, 0.25) is 0 Å². The molecule has 1 rings (SSSR count). The van der Waals surface area contributed by atoms with E-state index in [2.05, 4.69) is 5.32 Å². The third-order valence-corrected chi connectivity index (χ3v) is 4.63. The SMILES string of the molecule is COCC(=O)N1CCC(NC(=O)C(C)(C)C(C)(C)N)CC1. The first-order chi connectivity index (χ1) is 9.59. The van der Waals surface area contributed by atoms with Crippen molar-refractivity contribution in [1.29, 1.82) is 0 Å². The molecule has 1 saturated heterocycles. The number of carbonyl (C=O) groups excluding carboxylic acids is 2. The van der Waals surface area contributed by atoms with Gasteiger partial charge in [0.15, 0.2) is 0 Å². The monoisotopic (exact) mass is 299 g/mol. The Hall–Kier alpha value is -1.14. The van der Waals surface area contributed by atoms with Crippen LogP contribution in [0.4, 0.5) is 0 Å². The van der Waals surface area contributed by atoms with Crippen LogP contribution >= 0.6 is 0 Å². The third kappa shape index (κ3) is 4.41. The molecule has 0 aliphatic carbocycles. The van der Waals surface area contributed by atoms with E-state index in [0.717, 1.165) is 12.8 Å². The third-order valence-electron chi connectivity index (χ3n) is 4.63. The number of piperidine rings is 1. The molecule has 0 aromatic rings. The minimum absolute atomic E-state index is 0.00528. The van der Waals surface area contributed by atoms with E-state index in [-0.39, 0.29) is 24.5 Å². The van der Waals surface area contributed by atoms with E-state index >= 15 is 0 Å². The Labute approximate surface area is 127 Å². The van der Waals surface area contributed by atoms with Crippen molar-refractivity contribution in [3.63, 3.8) is 0 Å². The Kier molecular flexibility index (Phi) is 5.75. The largest absolute Gasteiger partial charge is 0.375 e. The number of nitrogens with one attached hydrogen (secondary N) is 1. The number of nitrogens with zero attached hydrogens (tertiary/aromatic N) is 1. The highest BCUT2D eigenvalue weighted by molar-refractivity contribution is 5.83. The maximum Gasteiger partial charge on any atom is 0.248 e. The molecule has 6 nitrogen and oxygen atoms in total. The van der Waals surface area contributed by atoms with E-state index in [9.17, 15) is 9.59 Å². The second kappa shape index (κ2) is 6.75. The molecular formula is C15H29N3O3. The number of rotatable bonds is 5. The highest BCUT2D eigenvalue weighted by atomic mass is 16.5. The van der Waals surface area contributed by atoms with Crippen LogP contribution in [0.1, 0.15) is 40.5 Å². The van der Waals surface area contributed by atoms with Gasteiger partial charge in [-0.2, -0.15) is 0 Å². The van der Waals surface area contributed by atoms with Crippen molar-refractivity contribution in [2.45, 2.75) is 52.1 Å². The fourth-order valence-electron chi connectivity index (χ4n) is 2.15. The van der Waals surface area contributed by atoms with Gasteiger partial charge in [0.25, 0.3) is 0 Å². The van der Waals surface area contributed by atoms with Gasteiger partial charge >= 0.3 is 0 Å². The number of nitrogens with two attached hydrogens (primary N) is 1. The fraction of sp³-hybridized carbons (Fsp3) is 0.867. The second-order valence-corrected chi connectivity index (χ2v) is 6.91. The molecular weight excluding hydrogens is 270 g/mol. The smallest absolute Gasteiger partial charge is 0.248 e. The average molecular weight is 299 g/mol. The summed E-state index contributed by atoms with van der Waals surface area (Å²) in [6.07, 6.45) is 1.53. The van der Waals surface area contributed by atoms with E-state index in [1.54, 1.807) is 4.90 Å². The number of carbonyl (C=O) groups is 2. The Morgan fingerprint density at radius 2 is 1.76 bits per heavy atom. The lowest BCUT2D eigenvalue weighted by Crippen LogP contribution is -2.58. The van der Waals surface area contributed by atoms with Gasteiger partial charge in [-0.1, -0.05) is 0 Å². The summed E-state index contributed by atoms with van der Waals surface area (Å²) < 4.78 is 4.86. The molecule has 1 aliphatic heterocycles. The Morgan fingerprint density at radius 3 is 2.19 bits per heavy atom. The predicted octanol–water partition coefficient (Wildman–Crippen LogP) is 0.504. The van der Waals surface area contributed by atoms with Gasteiger partial charge in [-0.25, -0.2) is 0 Å². The maximum atomic E-state index is 12.4. The number of amides is 2. The van der Waals surface area contributed by atoms with Crippen molar-refractivity contribution in [3.05, 3.63) is 0 Å². The van der Waals surface area contributed by atoms with Crippen LogP contribution in [0.15, 0.2) is 0 Å². The van der Waals surface area contributed by atoms with Gasteiger partial charge in [0, 0.05) is 31.8 Å². The van der Waals surface area contributed by atoms with Crippen LogP contribution in [0.5, 0.6) is 0 Å². The Morgan fingerprint density at radius 1 is 1.24 bits per heavy atom. The highest BCUT2D eigenvalue weighted by Crippen LogP contribution is 2.29. The first-order valence-electron chi connectivity index (χ1n) is 7.46. The van der Waals surface area contributed by atoms with Gasteiger partial charge in [-0.15, -0.1) is 0 Å². The normalized spacial score (nSPS) is 17.7. The second-order valence-electron chi connectivity index (χ2n) is 6.91. The topological polar surface area (TPSA) is 84.7 Å². The molecule has 6 heteroatoms. The van der Waals surface area contributed by atoms with E-state index in [0.29, 0.717) is 13.1 Å². The Balaban J connectivity index is 2.50. The van der Waals surface area contributed by atoms with Crippen LogP contribution in [0.25, 0.3) is 0 Å². The predicted molar refractivity (Wildman–Crippen MR) is 81.7 cm³/mol. The zero-order valence-corrected chi connectivity index (χ0v) is 13.9. The van der Waals surface area contributed by atoms with Crippen molar-refractivity contribution in [1.82, 2.24) is 10.2 Å². The Bertz CT molecular complexity index is 380. The molecule has 0 unspecified atom stereocenters. The van der Waals surface area contributed by atoms with Crippen molar-refractivity contribution in [3.8, 4) is 0 Å². The van der Waals surface area contributed by atoms with Crippen LogP contribution in [0, 0.1) is 5.41 Å². The number of methoxy groups -OCH3 is 1. The summed E-state index contributed by atoms with van der Waals surface area (Å²) in [5.74, 6) is -0.0256. The van der Waals surface area contributed by atoms with Crippen LogP contribution < -0.4 is 11.1 Å².